The summed E-state index contributed by atoms with van der Waals surface area (Å²) in [6.45, 7) is 0.666. The van der Waals surface area contributed by atoms with Crippen LogP contribution in [-0.2, 0) is 4.79 Å². The van der Waals surface area contributed by atoms with Crippen LogP contribution in [0.15, 0.2) is 42.7 Å². The Balaban J connectivity index is 1.34. The van der Waals surface area contributed by atoms with Gasteiger partial charge in [-0.15, -0.1) is 10.2 Å². The van der Waals surface area contributed by atoms with Gasteiger partial charge in [-0.05, 0) is 18.1 Å². The van der Waals surface area contributed by atoms with Crippen LogP contribution >= 0.6 is 11.6 Å². The summed E-state index contributed by atoms with van der Waals surface area (Å²) in [4.78, 5) is 47.5. The zero-order chi connectivity index (χ0) is 22.9. The van der Waals surface area contributed by atoms with Gasteiger partial charge in [-0.3, -0.25) is 14.4 Å². The molecule has 2 N–H and O–H groups in total. The van der Waals surface area contributed by atoms with E-state index in [0.717, 1.165) is 0 Å². The summed E-state index contributed by atoms with van der Waals surface area (Å²) in [6.07, 6.45) is 3.83. The molecule has 33 heavy (non-hydrogen) atoms. The van der Waals surface area contributed by atoms with E-state index in [0.29, 0.717) is 48.1 Å². The Kier molecular flexibility index (Phi) is 5.43. The molecule has 1 aliphatic heterocycles. The zero-order valence-corrected chi connectivity index (χ0v) is 18.0. The van der Waals surface area contributed by atoms with E-state index >= 15 is 0 Å². The number of carbonyl (C=O) groups is 3. The maximum atomic E-state index is 13.1. The highest BCUT2D eigenvalue weighted by atomic mass is 35.5. The number of amides is 1. The van der Waals surface area contributed by atoms with Crippen LogP contribution in [0, 0.1) is 5.92 Å². The van der Waals surface area contributed by atoms with Crippen molar-refractivity contribution in [2.75, 3.05) is 13.1 Å². The lowest BCUT2D eigenvalue weighted by atomic mass is 9.88. The van der Waals surface area contributed by atoms with Gasteiger partial charge in [0.15, 0.2) is 5.78 Å². The van der Waals surface area contributed by atoms with E-state index in [4.69, 9.17) is 11.6 Å². The Morgan fingerprint density at radius 2 is 1.85 bits per heavy atom. The lowest BCUT2D eigenvalue weighted by Gasteiger charge is -2.30. The number of aromatic amines is 2. The van der Waals surface area contributed by atoms with E-state index in [1.165, 1.54) is 17.3 Å². The van der Waals surface area contributed by atoms with Crippen molar-refractivity contribution in [3.63, 3.8) is 0 Å². The van der Waals surface area contributed by atoms with Crippen molar-refractivity contribution in [2.24, 2.45) is 5.92 Å². The minimum absolute atomic E-state index is 0.0685. The number of pyridine rings is 1. The van der Waals surface area contributed by atoms with E-state index in [1.54, 1.807) is 12.1 Å². The number of rotatable bonds is 5. The Labute approximate surface area is 192 Å². The second-order valence-electron chi connectivity index (χ2n) is 7.77. The third kappa shape index (κ3) is 3.78. The summed E-state index contributed by atoms with van der Waals surface area (Å²) in [5.74, 6) is -1.18. The molecule has 1 aliphatic rings. The average molecular weight is 464 g/mol. The van der Waals surface area contributed by atoms with Crippen LogP contribution in [0.3, 0.4) is 0 Å². The molecule has 0 spiro atoms. The monoisotopic (exact) mass is 463 g/mol. The third-order valence-electron chi connectivity index (χ3n) is 5.87. The largest absolute Gasteiger partial charge is 0.359 e. The second-order valence-corrected chi connectivity index (χ2v) is 8.18. The number of aromatic nitrogens is 6. The Morgan fingerprint density at radius 3 is 2.55 bits per heavy atom. The molecule has 0 atom stereocenters. The van der Waals surface area contributed by atoms with Gasteiger partial charge in [0.05, 0.1) is 16.1 Å². The lowest BCUT2D eigenvalue weighted by molar-refractivity contribution is -0.127. The highest BCUT2D eigenvalue weighted by Gasteiger charge is 2.32. The van der Waals surface area contributed by atoms with Gasteiger partial charge in [0.2, 0.25) is 5.82 Å². The molecule has 1 aromatic carbocycles. The molecule has 1 fully saturated rings. The maximum absolute atomic E-state index is 13.1. The van der Waals surface area contributed by atoms with Crippen LogP contribution in [0.25, 0.3) is 22.4 Å². The van der Waals surface area contributed by atoms with Crippen LogP contribution in [-0.4, -0.2) is 66.1 Å². The number of fused-ring (bicyclic) bond motifs is 1. The number of nitrogens with one attached hydrogen (secondary N) is 2. The molecule has 0 aliphatic carbocycles. The molecule has 5 rings (SSSR count). The topological polar surface area (TPSA) is 138 Å². The fraction of sp³-hybridized carbons (Fsp3) is 0.227. The van der Waals surface area contributed by atoms with Crippen molar-refractivity contribution >= 4 is 40.0 Å². The summed E-state index contributed by atoms with van der Waals surface area (Å²) in [5, 5.41) is 14.3. The van der Waals surface area contributed by atoms with E-state index in [9.17, 15) is 14.4 Å². The van der Waals surface area contributed by atoms with E-state index in [-0.39, 0.29) is 28.1 Å². The first-order valence-electron chi connectivity index (χ1n) is 10.4. The van der Waals surface area contributed by atoms with Gasteiger partial charge in [-0.25, -0.2) is 4.98 Å². The van der Waals surface area contributed by atoms with Gasteiger partial charge in [0.25, 0.3) is 11.7 Å². The molecule has 0 unspecified atom stereocenters. The fourth-order valence-electron chi connectivity index (χ4n) is 4.16. The molecule has 3 aromatic heterocycles. The minimum atomic E-state index is -0.679. The number of tetrazole rings is 1. The van der Waals surface area contributed by atoms with Crippen molar-refractivity contribution in [2.45, 2.75) is 12.8 Å². The molecule has 0 saturated carbocycles. The Hall–Kier alpha value is -3.92. The molecule has 1 saturated heterocycles. The fourth-order valence-corrected chi connectivity index (χ4v) is 4.41. The molecule has 166 valence electrons. The minimum Gasteiger partial charge on any atom is -0.359 e. The smallest absolute Gasteiger partial charge is 0.295 e. The van der Waals surface area contributed by atoms with Crippen molar-refractivity contribution in [3.05, 3.63) is 58.9 Å². The number of ketones is 2. The van der Waals surface area contributed by atoms with Gasteiger partial charge in [-0.1, -0.05) is 41.9 Å². The van der Waals surface area contributed by atoms with Crippen molar-refractivity contribution in [3.8, 4) is 11.5 Å². The highest BCUT2D eigenvalue weighted by molar-refractivity contribution is 6.47. The number of Topliss-reactive ketones (excluding diaryl/α,β-unsaturated/α-hetero) is 2. The van der Waals surface area contributed by atoms with Crippen LogP contribution in [0.2, 0.25) is 5.02 Å². The molecule has 0 bridgehead atoms. The van der Waals surface area contributed by atoms with Gasteiger partial charge in [0, 0.05) is 42.4 Å². The number of halogens is 1. The number of hydrogen-bond acceptors (Lipinski definition) is 7. The van der Waals surface area contributed by atoms with Crippen molar-refractivity contribution in [1.82, 2.24) is 35.5 Å². The zero-order valence-electron chi connectivity index (χ0n) is 17.3. The van der Waals surface area contributed by atoms with Gasteiger partial charge in [-0.2, -0.15) is 5.21 Å². The first kappa shape index (κ1) is 21.0. The number of likely N-dealkylation sites (tertiary alicyclic amines) is 1. The second kappa shape index (κ2) is 8.55. The first-order chi connectivity index (χ1) is 16.0. The predicted octanol–water partition coefficient (Wildman–Crippen LogP) is 2.70. The molecular formula is C22H18ClN7O3. The number of carbonyl (C=O) groups excluding carboxylic acids is 3. The summed E-state index contributed by atoms with van der Waals surface area (Å²) < 4.78 is 0. The van der Waals surface area contributed by atoms with Crippen LogP contribution in [0.5, 0.6) is 0 Å². The molecule has 4 aromatic rings. The Morgan fingerprint density at radius 1 is 1.09 bits per heavy atom. The summed E-state index contributed by atoms with van der Waals surface area (Å²) >= 11 is 6.32. The summed E-state index contributed by atoms with van der Waals surface area (Å²) in [5.41, 5.74) is 1.61. The first-order valence-corrected chi connectivity index (χ1v) is 10.7. The van der Waals surface area contributed by atoms with Crippen LogP contribution in [0.1, 0.15) is 33.6 Å². The van der Waals surface area contributed by atoms with Gasteiger partial charge >= 0.3 is 0 Å². The quantitative estimate of drug-likeness (QED) is 0.342. The normalized spacial score (nSPS) is 14.5. The van der Waals surface area contributed by atoms with Crippen molar-refractivity contribution < 1.29 is 14.4 Å². The van der Waals surface area contributed by atoms with E-state index in [1.807, 2.05) is 18.2 Å². The molecule has 4 heterocycles. The average Bonchev–Trinajstić information content (AvgIpc) is 3.55. The van der Waals surface area contributed by atoms with E-state index in [2.05, 4.69) is 30.6 Å². The standard InChI is InChI=1S/C22H18ClN7O3/c23-15-11-25-18(21-26-28-29-27-21)17-16(15)14(10-24-17)20(32)22(33)30-8-6-13(7-9-30)19(31)12-4-2-1-3-5-12/h1-5,10-11,13,24H,6-9H2,(H,26,27,28,29). The summed E-state index contributed by atoms with van der Waals surface area (Å²) in [6, 6.07) is 9.11. The molecule has 0 radical (unpaired) electrons. The molecule has 11 heteroatoms. The van der Waals surface area contributed by atoms with Crippen LogP contribution in [0.4, 0.5) is 0 Å². The number of benzene rings is 1. The van der Waals surface area contributed by atoms with E-state index < -0.39 is 11.7 Å². The predicted molar refractivity (Wildman–Crippen MR) is 119 cm³/mol. The van der Waals surface area contributed by atoms with Gasteiger partial charge < -0.3 is 9.88 Å². The molecule has 10 nitrogen and oxygen atoms in total. The summed E-state index contributed by atoms with van der Waals surface area (Å²) in [7, 11) is 0. The maximum Gasteiger partial charge on any atom is 0.295 e. The molecular weight excluding hydrogens is 446 g/mol. The molecule has 1 amide bonds. The number of piperidine rings is 1. The lowest BCUT2D eigenvalue weighted by Crippen LogP contribution is -2.43. The third-order valence-corrected chi connectivity index (χ3v) is 6.16. The number of nitrogens with zero attached hydrogens (tertiary/aromatic N) is 5. The number of H-pyrrole nitrogens is 2. The van der Waals surface area contributed by atoms with Crippen LogP contribution < -0.4 is 0 Å². The SMILES string of the molecule is O=C(C(=O)N1CCC(C(=O)c2ccccc2)CC1)c1c[nH]c2c(-c3nn[nH]n3)ncc(Cl)c12. The highest BCUT2D eigenvalue weighted by Crippen LogP contribution is 2.32. The van der Waals surface area contributed by atoms with Gasteiger partial charge in [0.1, 0.15) is 5.69 Å². The Bertz CT molecular complexity index is 1340. The number of hydrogen-bond donors (Lipinski definition) is 2. The van der Waals surface area contributed by atoms with Crippen molar-refractivity contribution in [1.29, 1.82) is 0 Å².